The zero-order valence-electron chi connectivity index (χ0n) is 12.8. The molecule has 0 aromatic heterocycles. The van der Waals surface area contributed by atoms with Gasteiger partial charge in [-0.1, -0.05) is 67.2 Å². The Labute approximate surface area is 142 Å². The quantitative estimate of drug-likeness (QED) is 0.581. The standard InChI is InChI=1S/C20H20Cl2/c1-2-3-6-12-11-15-13-7-4-9-16(21)19(13)18(12)20-14(15)8-5-10-17(20)22/h4-5,7-10,12,15,18H,2-3,6,11H2,1H3. The van der Waals surface area contributed by atoms with Crippen molar-refractivity contribution in [2.75, 3.05) is 0 Å². The van der Waals surface area contributed by atoms with Crippen LogP contribution in [0.2, 0.25) is 10.0 Å². The maximum absolute atomic E-state index is 6.61. The van der Waals surface area contributed by atoms with Gasteiger partial charge in [-0.3, -0.25) is 0 Å². The molecule has 0 fully saturated rings. The minimum atomic E-state index is 0.379. The van der Waals surface area contributed by atoms with Gasteiger partial charge in [-0.25, -0.2) is 0 Å². The molecule has 0 N–H and O–H groups in total. The van der Waals surface area contributed by atoms with Gasteiger partial charge in [-0.2, -0.15) is 0 Å². The van der Waals surface area contributed by atoms with Crippen molar-refractivity contribution in [3.8, 4) is 0 Å². The van der Waals surface area contributed by atoms with Crippen LogP contribution in [-0.2, 0) is 0 Å². The molecule has 0 amide bonds. The summed E-state index contributed by atoms with van der Waals surface area (Å²) in [4.78, 5) is 0. The number of rotatable bonds is 3. The minimum Gasteiger partial charge on any atom is -0.0840 e. The van der Waals surface area contributed by atoms with Crippen LogP contribution in [0.4, 0.5) is 0 Å². The van der Waals surface area contributed by atoms with Gasteiger partial charge in [0.05, 0.1) is 0 Å². The van der Waals surface area contributed by atoms with E-state index in [0.29, 0.717) is 17.8 Å². The normalized spacial score (nSPS) is 25.0. The lowest BCUT2D eigenvalue weighted by atomic mass is 9.58. The number of hydrogen-bond donors (Lipinski definition) is 0. The van der Waals surface area contributed by atoms with Gasteiger partial charge in [-0.15, -0.1) is 0 Å². The van der Waals surface area contributed by atoms with Gasteiger partial charge in [0.1, 0.15) is 0 Å². The molecule has 0 nitrogen and oxygen atoms in total. The molecular formula is C20H20Cl2. The molecule has 2 heteroatoms. The monoisotopic (exact) mass is 330 g/mol. The van der Waals surface area contributed by atoms with Gasteiger partial charge >= 0.3 is 0 Å². The van der Waals surface area contributed by atoms with Crippen LogP contribution < -0.4 is 0 Å². The van der Waals surface area contributed by atoms with Crippen LogP contribution in [0.1, 0.15) is 66.7 Å². The highest BCUT2D eigenvalue weighted by atomic mass is 35.5. The molecule has 0 spiro atoms. The third-order valence-corrected chi connectivity index (χ3v) is 6.14. The average molecular weight is 331 g/mol. The molecule has 2 bridgehead atoms. The maximum atomic E-state index is 6.61. The fourth-order valence-electron chi connectivity index (χ4n) is 4.60. The van der Waals surface area contributed by atoms with Crippen LogP contribution in [0.15, 0.2) is 36.4 Å². The number of hydrogen-bond acceptors (Lipinski definition) is 0. The van der Waals surface area contributed by atoms with E-state index >= 15 is 0 Å². The van der Waals surface area contributed by atoms with E-state index in [1.165, 1.54) is 47.9 Å². The summed E-state index contributed by atoms with van der Waals surface area (Å²) in [5.74, 6) is 1.52. The second-order valence-electron chi connectivity index (χ2n) is 6.65. The molecule has 0 saturated heterocycles. The van der Waals surface area contributed by atoms with E-state index in [4.69, 9.17) is 23.2 Å². The van der Waals surface area contributed by atoms with Crippen LogP contribution >= 0.6 is 23.2 Å². The molecule has 2 aromatic carbocycles. The summed E-state index contributed by atoms with van der Waals surface area (Å²) < 4.78 is 0. The molecule has 0 radical (unpaired) electrons. The van der Waals surface area contributed by atoms with Gasteiger partial charge in [0.25, 0.3) is 0 Å². The van der Waals surface area contributed by atoms with Crippen LogP contribution in [-0.4, -0.2) is 0 Å². The van der Waals surface area contributed by atoms with Crippen LogP contribution in [0, 0.1) is 5.92 Å². The first kappa shape index (κ1) is 14.6. The lowest BCUT2D eigenvalue weighted by molar-refractivity contribution is 0.328. The van der Waals surface area contributed by atoms with E-state index in [9.17, 15) is 0 Å². The molecule has 3 aliphatic carbocycles. The van der Waals surface area contributed by atoms with Gasteiger partial charge in [0.15, 0.2) is 0 Å². The Balaban J connectivity index is 1.92. The Morgan fingerprint density at radius 2 is 1.55 bits per heavy atom. The van der Waals surface area contributed by atoms with Gasteiger partial charge in [-0.05, 0) is 53.1 Å². The van der Waals surface area contributed by atoms with Crippen LogP contribution in [0.3, 0.4) is 0 Å². The summed E-state index contributed by atoms with van der Waals surface area (Å²) in [6.07, 6.45) is 5.05. The van der Waals surface area contributed by atoms with E-state index in [1.54, 1.807) is 0 Å². The van der Waals surface area contributed by atoms with Gasteiger partial charge < -0.3 is 0 Å². The zero-order chi connectivity index (χ0) is 15.3. The van der Waals surface area contributed by atoms with Crippen molar-refractivity contribution in [3.63, 3.8) is 0 Å². The van der Waals surface area contributed by atoms with Crippen LogP contribution in [0.5, 0.6) is 0 Å². The molecule has 114 valence electrons. The van der Waals surface area contributed by atoms with E-state index in [2.05, 4.69) is 31.2 Å². The third-order valence-electron chi connectivity index (χ3n) is 5.48. The van der Waals surface area contributed by atoms with Gasteiger partial charge in [0, 0.05) is 21.9 Å². The number of unbranched alkanes of at least 4 members (excludes halogenated alkanes) is 1. The lowest BCUT2D eigenvalue weighted by Gasteiger charge is -2.46. The Morgan fingerprint density at radius 1 is 0.955 bits per heavy atom. The molecule has 0 aliphatic heterocycles. The smallest absolute Gasteiger partial charge is 0.0447 e. The average Bonchev–Trinajstić information content (AvgIpc) is 2.53. The first-order chi connectivity index (χ1) is 10.7. The van der Waals surface area contributed by atoms with E-state index in [0.717, 1.165) is 10.0 Å². The topological polar surface area (TPSA) is 0 Å². The van der Waals surface area contributed by atoms with Crippen molar-refractivity contribution in [1.82, 2.24) is 0 Å². The first-order valence-corrected chi connectivity index (χ1v) is 9.04. The lowest BCUT2D eigenvalue weighted by Crippen LogP contribution is -2.32. The molecule has 1 atom stereocenters. The van der Waals surface area contributed by atoms with Crippen molar-refractivity contribution in [1.29, 1.82) is 0 Å². The largest absolute Gasteiger partial charge is 0.0840 e. The first-order valence-electron chi connectivity index (χ1n) is 8.29. The molecule has 5 rings (SSSR count). The fraction of sp³-hybridized carbons (Fsp3) is 0.400. The third kappa shape index (κ3) is 2.04. The number of halogens is 2. The molecule has 0 saturated carbocycles. The summed E-state index contributed by atoms with van der Waals surface area (Å²) in [7, 11) is 0. The van der Waals surface area contributed by atoms with Crippen molar-refractivity contribution >= 4 is 23.2 Å². The molecular weight excluding hydrogens is 311 g/mol. The number of benzene rings is 2. The van der Waals surface area contributed by atoms with Crippen molar-refractivity contribution in [3.05, 3.63) is 68.7 Å². The summed E-state index contributed by atoms with van der Waals surface area (Å²) >= 11 is 13.2. The minimum absolute atomic E-state index is 0.379. The van der Waals surface area contributed by atoms with E-state index in [1.807, 2.05) is 12.1 Å². The molecule has 0 heterocycles. The summed E-state index contributed by atoms with van der Waals surface area (Å²) in [5.41, 5.74) is 5.56. The second kappa shape index (κ2) is 5.58. The Morgan fingerprint density at radius 3 is 2.09 bits per heavy atom. The van der Waals surface area contributed by atoms with Crippen molar-refractivity contribution < 1.29 is 0 Å². The highest BCUT2D eigenvalue weighted by Crippen LogP contribution is 2.59. The number of fused-ring (bicyclic) bond motifs is 1. The van der Waals surface area contributed by atoms with Crippen molar-refractivity contribution in [2.45, 2.75) is 44.4 Å². The maximum Gasteiger partial charge on any atom is 0.0447 e. The van der Waals surface area contributed by atoms with E-state index in [-0.39, 0.29) is 0 Å². The SMILES string of the molecule is CCCCC1CC2c3cccc(Cl)c3C1c1c(Cl)cccc12. The zero-order valence-corrected chi connectivity index (χ0v) is 14.3. The van der Waals surface area contributed by atoms with Crippen molar-refractivity contribution in [2.24, 2.45) is 5.92 Å². The second-order valence-corrected chi connectivity index (χ2v) is 7.47. The predicted octanol–water partition coefficient (Wildman–Crippen LogP) is 6.78. The highest BCUT2D eigenvalue weighted by molar-refractivity contribution is 6.32. The van der Waals surface area contributed by atoms with E-state index < -0.39 is 0 Å². The molecule has 1 unspecified atom stereocenters. The Bertz CT molecular complexity index is 666. The molecule has 22 heavy (non-hydrogen) atoms. The fourth-order valence-corrected chi connectivity index (χ4v) is 5.20. The summed E-state index contributed by atoms with van der Waals surface area (Å²) in [6, 6.07) is 12.8. The summed E-state index contributed by atoms with van der Waals surface area (Å²) in [6.45, 7) is 2.27. The van der Waals surface area contributed by atoms with Gasteiger partial charge in [0.2, 0.25) is 0 Å². The molecule has 2 aromatic rings. The highest BCUT2D eigenvalue weighted by Gasteiger charge is 2.44. The Kier molecular flexibility index (Phi) is 3.71. The van der Waals surface area contributed by atoms with Crippen LogP contribution in [0.25, 0.3) is 0 Å². The summed E-state index contributed by atoms with van der Waals surface area (Å²) in [5, 5.41) is 1.83. The molecule has 3 aliphatic rings. The predicted molar refractivity (Wildman–Crippen MR) is 94.2 cm³/mol. The Hall–Kier alpha value is -0.980.